The Labute approximate surface area is 187 Å². The molecule has 3 aromatic carbocycles. The van der Waals surface area contributed by atoms with Crippen molar-refractivity contribution in [2.24, 2.45) is 0 Å². The molecule has 3 rings (SSSR count). The molecule has 1 unspecified atom stereocenters. The fourth-order valence-corrected chi connectivity index (χ4v) is 4.04. The van der Waals surface area contributed by atoms with Crippen LogP contribution in [0.3, 0.4) is 0 Å². The highest BCUT2D eigenvalue weighted by Gasteiger charge is 2.18. The molecule has 0 fully saturated rings. The highest BCUT2D eigenvalue weighted by atomic mass is 32.2. The third-order valence-corrected chi connectivity index (χ3v) is 6.03. The maximum Gasteiger partial charge on any atom is 0.255 e. The second kappa shape index (κ2) is 10.7. The number of carbonyl (C=O) groups is 2. The maximum atomic E-state index is 12.7. The van der Waals surface area contributed by atoms with Crippen LogP contribution in [-0.2, 0) is 4.79 Å². The number of methoxy groups -OCH3 is 1. The van der Waals surface area contributed by atoms with E-state index in [1.165, 1.54) is 11.8 Å². The van der Waals surface area contributed by atoms with Crippen molar-refractivity contribution < 1.29 is 14.3 Å². The summed E-state index contributed by atoms with van der Waals surface area (Å²) in [4.78, 5) is 26.2. The van der Waals surface area contributed by atoms with Crippen LogP contribution in [0.25, 0.3) is 0 Å². The summed E-state index contributed by atoms with van der Waals surface area (Å²) < 4.78 is 5.13. The maximum absolute atomic E-state index is 12.7. The van der Waals surface area contributed by atoms with E-state index in [2.05, 4.69) is 10.6 Å². The van der Waals surface area contributed by atoms with E-state index >= 15 is 0 Å². The summed E-state index contributed by atoms with van der Waals surface area (Å²) in [6.07, 6.45) is 0.685. The highest BCUT2D eigenvalue weighted by Crippen LogP contribution is 2.29. The molecule has 0 aliphatic rings. The molecule has 0 saturated carbocycles. The highest BCUT2D eigenvalue weighted by molar-refractivity contribution is 8.00. The predicted molar refractivity (Wildman–Crippen MR) is 127 cm³/mol. The fraction of sp³-hybridized carbons (Fsp3) is 0.200. The molecule has 0 heterocycles. The molecule has 0 aromatic heterocycles. The molecule has 6 heteroatoms. The summed E-state index contributed by atoms with van der Waals surface area (Å²) in [5.41, 5.74) is 3.12. The summed E-state index contributed by atoms with van der Waals surface area (Å²) >= 11 is 1.48. The smallest absolute Gasteiger partial charge is 0.255 e. The second-order valence-corrected chi connectivity index (χ2v) is 8.36. The Balaban J connectivity index is 1.65. The van der Waals surface area contributed by atoms with Gasteiger partial charge in [-0.2, -0.15) is 0 Å². The average molecular weight is 435 g/mol. The lowest BCUT2D eigenvalue weighted by molar-refractivity contribution is -0.115. The van der Waals surface area contributed by atoms with Crippen LogP contribution in [-0.4, -0.2) is 24.2 Å². The van der Waals surface area contributed by atoms with E-state index in [1.54, 1.807) is 31.4 Å². The Kier molecular flexibility index (Phi) is 7.73. The van der Waals surface area contributed by atoms with Gasteiger partial charge in [0.1, 0.15) is 5.75 Å². The van der Waals surface area contributed by atoms with Crippen molar-refractivity contribution in [2.75, 3.05) is 17.7 Å². The van der Waals surface area contributed by atoms with Gasteiger partial charge in [0.2, 0.25) is 5.91 Å². The number of thioether (sulfide) groups is 1. The molecule has 0 aliphatic carbocycles. The minimum atomic E-state index is -0.243. The molecule has 2 N–H and O–H groups in total. The molecule has 31 heavy (non-hydrogen) atoms. The normalized spacial score (nSPS) is 11.5. The Morgan fingerprint density at radius 1 is 0.935 bits per heavy atom. The van der Waals surface area contributed by atoms with E-state index in [0.717, 1.165) is 16.1 Å². The van der Waals surface area contributed by atoms with E-state index in [4.69, 9.17) is 4.74 Å². The lowest BCUT2D eigenvalue weighted by Crippen LogP contribution is -2.24. The van der Waals surface area contributed by atoms with Crippen molar-refractivity contribution in [1.29, 1.82) is 0 Å². The molecule has 3 aromatic rings. The van der Waals surface area contributed by atoms with Crippen LogP contribution >= 0.6 is 11.8 Å². The first-order chi connectivity index (χ1) is 15.0. The SMILES string of the molecule is CCC(Sc1cccc(NC(=O)c2ccc(OC)cc2)c1)C(=O)Nc1cccc(C)c1. The summed E-state index contributed by atoms with van der Waals surface area (Å²) in [6.45, 7) is 3.98. The van der Waals surface area contributed by atoms with Gasteiger partial charge in [0.15, 0.2) is 0 Å². The van der Waals surface area contributed by atoms with Crippen LogP contribution in [0.2, 0.25) is 0 Å². The quantitative estimate of drug-likeness (QED) is 0.442. The number of rotatable bonds is 8. The molecule has 1 atom stereocenters. The number of amides is 2. The van der Waals surface area contributed by atoms with Gasteiger partial charge in [-0.25, -0.2) is 0 Å². The Bertz CT molecular complexity index is 1050. The van der Waals surface area contributed by atoms with Gasteiger partial charge in [-0.1, -0.05) is 25.1 Å². The first-order valence-electron chi connectivity index (χ1n) is 10.1. The van der Waals surface area contributed by atoms with Crippen LogP contribution in [0, 0.1) is 6.92 Å². The Morgan fingerprint density at radius 2 is 1.61 bits per heavy atom. The van der Waals surface area contributed by atoms with Gasteiger partial charge < -0.3 is 15.4 Å². The molecule has 5 nitrogen and oxygen atoms in total. The third-order valence-electron chi connectivity index (χ3n) is 4.67. The van der Waals surface area contributed by atoms with Crippen molar-refractivity contribution in [3.63, 3.8) is 0 Å². The number of ether oxygens (including phenoxy) is 1. The number of carbonyl (C=O) groups excluding carboxylic acids is 2. The number of anilines is 2. The van der Waals surface area contributed by atoms with E-state index in [0.29, 0.717) is 23.4 Å². The Morgan fingerprint density at radius 3 is 2.26 bits per heavy atom. The lowest BCUT2D eigenvalue weighted by atomic mass is 10.2. The van der Waals surface area contributed by atoms with Gasteiger partial charge in [-0.15, -0.1) is 11.8 Å². The average Bonchev–Trinajstić information content (AvgIpc) is 2.77. The number of hydrogen-bond acceptors (Lipinski definition) is 4. The molecule has 0 aliphatic heterocycles. The van der Waals surface area contributed by atoms with Gasteiger partial charge in [0.25, 0.3) is 5.91 Å². The van der Waals surface area contributed by atoms with Crippen molar-refractivity contribution >= 4 is 35.0 Å². The van der Waals surface area contributed by atoms with E-state index in [9.17, 15) is 9.59 Å². The third kappa shape index (κ3) is 6.36. The summed E-state index contributed by atoms with van der Waals surface area (Å²) in [5.74, 6) is 0.462. The largest absolute Gasteiger partial charge is 0.497 e. The number of benzene rings is 3. The van der Waals surface area contributed by atoms with E-state index < -0.39 is 0 Å². The van der Waals surface area contributed by atoms with Gasteiger partial charge in [0, 0.05) is 21.8 Å². The monoisotopic (exact) mass is 434 g/mol. The zero-order valence-corrected chi connectivity index (χ0v) is 18.7. The molecular formula is C25H26N2O3S. The topological polar surface area (TPSA) is 67.4 Å². The minimum absolute atomic E-state index is 0.0363. The summed E-state index contributed by atoms with van der Waals surface area (Å²) in [7, 11) is 1.59. The van der Waals surface area contributed by atoms with Crippen molar-refractivity contribution in [2.45, 2.75) is 30.4 Å². The van der Waals surface area contributed by atoms with Gasteiger partial charge in [-0.05, 0) is 73.5 Å². The summed E-state index contributed by atoms with van der Waals surface area (Å²) in [6, 6.07) is 22.2. The summed E-state index contributed by atoms with van der Waals surface area (Å²) in [5, 5.41) is 5.66. The molecule has 0 spiro atoms. The van der Waals surface area contributed by atoms with Crippen LogP contribution < -0.4 is 15.4 Å². The fourth-order valence-electron chi connectivity index (χ4n) is 3.02. The van der Waals surface area contributed by atoms with Crippen LogP contribution in [0.5, 0.6) is 5.75 Å². The van der Waals surface area contributed by atoms with E-state index in [1.807, 2.05) is 62.4 Å². The molecule has 2 amide bonds. The first-order valence-corrected chi connectivity index (χ1v) is 11.0. The molecule has 160 valence electrons. The number of aryl methyl sites for hydroxylation is 1. The van der Waals surface area contributed by atoms with Crippen LogP contribution in [0.1, 0.15) is 29.3 Å². The molecular weight excluding hydrogens is 408 g/mol. The predicted octanol–water partition coefficient (Wildman–Crippen LogP) is 5.77. The lowest BCUT2D eigenvalue weighted by Gasteiger charge is -2.16. The molecule has 0 saturated heterocycles. The van der Waals surface area contributed by atoms with Crippen molar-refractivity contribution in [3.05, 3.63) is 83.9 Å². The zero-order valence-electron chi connectivity index (χ0n) is 17.8. The zero-order chi connectivity index (χ0) is 22.2. The molecule has 0 bridgehead atoms. The van der Waals surface area contributed by atoms with Gasteiger partial charge >= 0.3 is 0 Å². The van der Waals surface area contributed by atoms with Crippen LogP contribution in [0.15, 0.2) is 77.7 Å². The number of hydrogen-bond donors (Lipinski definition) is 2. The van der Waals surface area contributed by atoms with Crippen molar-refractivity contribution in [1.82, 2.24) is 0 Å². The Hall–Kier alpha value is -3.25. The first kappa shape index (κ1) is 22.4. The van der Waals surface area contributed by atoms with Crippen molar-refractivity contribution in [3.8, 4) is 5.75 Å². The van der Waals surface area contributed by atoms with E-state index in [-0.39, 0.29) is 17.1 Å². The van der Waals surface area contributed by atoms with Gasteiger partial charge in [-0.3, -0.25) is 9.59 Å². The second-order valence-electron chi connectivity index (χ2n) is 7.08. The van der Waals surface area contributed by atoms with Gasteiger partial charge in [0.05, 0.1) is 12.4 Å². The standard InChI is InChI=1S/C25H26N2O3S/c1-4-23(25(29)27-19-8-5-7-17(2)15-19)31-22-10-6-9-20(16-22)26-24(28)18-11-13-21(30-3)14-12-18/h5-16,23H,4H2,1-3H3,(H,26,28)(H,27,29). The minimum Gasteiger partial charge on any atom is -0.497 e. The number of nitrogens with one attached hydrogen (secondary N) is 2. The molecule has 0 radical (unpaired) electrons. The van der Waals surface area contributed by atoms with Crippen LogP contribution in [0.4, 0.5) is 11.4 Å².